The standard InChI is InChI=1S/C25H33NO2/c1-6-28-23-17-21(19(4)5)25(26-12-14-27-15-13-26)24(23)22(16-18(2)3)20-10-8-7-9-11-20/h7-11,16-18,25H,4,6,12-15H2,1-3,5H3/b22-16+. The van der Waals surface area contributed by atoms with E-state index in [9.17, 15) is 0 Å². The van der Waals surface area contributed by atoms with E-state index in [1.807, 2.05) is 0 Å². The SMILES string of the molecule is C=C(C)C1=CC(OCC)=C(/C(=C/C(C)C)c2ccccc2)C1N1CCOCC1. The lowest BCUT2D eigenvalue weighted by molar-refractivity contribution is 0.0306. The molecule has 0 bridgehead atoms. The molecule has 1 aliphatic carbocycles. The molecule has 1 unspecified atom stereocenters. The Bertz CT molecular complexity index is 780. The molecule has 0 radical (unpaired) electrons. The molecule has 28 heavy (non-hydrogen) atoms. The molecule has 1 heterocycles. The van der Waals surface area contributed by atoms with E-state index in [0.29, 0.717) is 12.5 Å². The van der Waals surface area contributed by atoms with Crippen molar-refractivity contribution in [2.75, 3.05) is 32.9 Å². The summed E-state index contributed by atoms with van der Waals surface area (Å²) in [6.45, 7) is 16.9. The summed E-state index contributed by atoms with van der Waals surface area (Å²) in [4.78, 5) is 2.52. The molecule has 0 N–H and O–H groups in total. The molecule has 150 valence electrons. The third kappa shape index (κ3) is 4.48. The zero-order valence-corrected chi connectivity index (χ0v) is 17.7. The Balaban J connectivity index is 2.15. The van der Waals surface area contributed by atoms with Crippen LogP contribution < -0.4 is 0 Å². The molecule has 1 saturated heterocycles. The minimum atomic E-state index is 0.160. The minimum Gasteiger partial charge on any atom is -0.493 e. The number of hydrogen-bond acceptors (Lipinski definition) is 3. The molecular weight excluding hydrogens is 346 g/mol. The van der Waals surface area contributed by atoms with Gasteiger partial charge in [0.05, 0.1) is 25.9 Å². The molecular formula is C25H33NO2. The quantitative estimate of drug-likeness (QED) is 0.647. The molecule has 0 amide bonds. The van der Waals surface area contributed by atoms with Gasteiger partial charge in [-0.05, 0) is 42.6 Å². The molecule has 3 nitrogen and oxygen atoms in total. The smallest absolute Gasteiger partial charge is 0.125 e. The first-order chi connectivity index (χ1) is 13.5. The van der Waals surface area contributed by atoms with Crippen molar-refractivity contribution in [3.8, 4) is 0 Å². The Morgan fingerprint density at radius 2 is 1.93 bits per heavy atom. The number of rotatable bonds is 7. The maximum Gasteiger partial charge on any atom is 0.125 e. The molecule has 0 saturated carbocycles. The molecule has 0 spiro atoms. The van der Waals surface area contributed by atoms with E-state index in [2.05, 4.69) is 81.7 Å². The predicted molar refractivity (Wildman–Crippen MR) is 117 cm³/mol. The summed E-state index contributed by atoms with van der Waals surface area (Å²) < 4.78 is 11.8. The van der Waals surface area contributed by atoms with Crippen LogP contribution in [0.25, 0.3) is 5.57 Å². The van der Waals surface area contributed by atoms with E-state index in [1.165, 1.54) is 22.3 Å². The summed E-state index contributed by atoms with van der Waals surface area (Å²) >= 11 is 0. The number of allylic oxidation sites excluding steroid dienone is 2. The second-order valence-corrected chi connectivity index (χ2v) is 7.83. The fourth-order valence-corrected chi connectivity index (χ4v) is 4.01. The lowest BCUT2D eigenvalue weighted by Crippen LogP contribution is -2.45. The Morgan fingerprint density at radius 1 is 1.25 bits per heavy atom. The monoisotopic (exact) mass is 379 g/mol. The second kappa shape index (κ2) is 9.40. The highest BCUT2D eigenvalue weighted by Crippen LogP contribution is 2.42. The van der Waals surface area contributed by atoms with Crippen molar-refractivity contribution >= 4 is 5.57 Å². The van der Waals surface area contributed by atoms with Crippen LogP contribution in [0, 0.1) is 5.92 Å². The molecule has 1 fully saturated rings. The Kier molecular flexibility index (Phi) is 6.93. The van der Waals surface area contributed by atoms with Gasteiger partial charge in [-0.3, -0.25) is 4.90 Å². The van der Waals surface area contributed by atoms with Gasteiger partial charge < -0.3 is 9.47 Å². The van der Waals surface area contributed by atoms with Crippen LogP contribution in [-0.4, -0.2) is 43.9 Å². The first-order valence-electron chi connectivity index (χ1n) is 10.4. The van der Waals surface area contributed by atoms with Crippen molar-refractivity contribution in [1.29, 1.82) is 0 Å². The van der Waals surface area contributed by atoms with Gasteiger partial charge in [-0.2, -0.15) is 0 Å². The topological polar surface area (TPSA) is 21.7 Å². The van der Waals surface area contributed by atoms with Gasteiger partial charge in [0.2, 0.25) is 0 Å². The Labute approximate surface area is 170 Å². The van der Waals surface area contributed by atoms with E-state index >= 15 is 0 Å². The zero-order chi connectivity index (χ0) is 20.1. The maximum atomic E-state index is 6.16. The van der Waals surface area contributed by atoms with E-state index in [1.54, 1.807) is 0 Å². The highest BCUT2D eigenvalue weighted by Gasteiger charge is 2.36. The van der Waals surface area contributed by atoms with Crippen LogP contribution in [0.15, 0.2) is 71.5 Å². The summed E-state index contributed by atoms with van der Waals surface area (Å²) in [6, 6.07) is 10.8. The average Bonchev–Trinajstić information content (AvgIpc) is 3.07. The van der Waals surface area contributed by atoms with Gasteiger partial charge in [0.1, 0.15) is 5.76 Å². The van der Waals surface area contributed by atoms with Crippen LogP contribution in [0.4, 0.5) is 0 Å². The lowest BCUT2D eigenvalue weighted by Gasteiger charge is -2.36. The molecule has 3 rings (SSSR count). The third-order valence-corrected chi connectivity index (χ3v) is 5.20. The third-order valence-electron chi connectivity index (χ3n) is 5.20. The van der Waals surface area contributed by atoms with Crippen LogP contribution >= 0.6 is 0 Å². The van der Waals surface area contributed by atoms with Crippen molar-refractivity contribution < 1.29 is 9.47 Å². The highest BCUT2D eigenvalue weighted by atomic mass is 16.5. The average molecular weight is 380 g/mol. The fourth-order valence-electron chi connectivity index (χ4n) is 4.01. The minimum absolute atomic E-state index is 0.160. The summed E-state index contributed by atoms with van der Waals surface area (Å²) in [5.41, 5.74) is 6.12. The van der Waals surface area contributed by atoms with Gasteiger partial charge in [-0.1, -0.05) is 62.4 Å². The number of nitrogens with zero attached hydrogens (tertiary/aromatic N) is 1. The van der Waals surface area contributed by atoms with Crippen LogP contribution in [0.3, 0.4) is 0 Å². The molecule has 3 heteroatoms. The fraction of sp³-hybridized carbons (Fsp3) is 0.440. The molecule has 1 aliphatic heterocycles. The summed E-state index contributed by atoms with van der Waals surface area (Å²) in [6.07, 6.45) is 4.57. The largest absolute Gasteiger partial charge is 0.493 e. The first kappa shape index (κ1) is 20.6. The number of benzene rings is 1. The Hall–Kier alpha value is -2.10. The van der Waals surface area contributed by atoms with Gasteiger partial charge >= 0.3 is 0 Å². The van der Waals surface area contributed by atoms with E-state index < -0.39 is 0 Å². The number of ether oxygens (including phenoxy) is 2. The van der Waals surface area contributed by atoms with Crippen LogP contribution in [0.2, 0.25) is 0 Å². The van der Waals surface area contributed by atoms with Gasteiger partial charge in [0.15, 0.2) is 0 Å². The lowest BCUT2D eigenvalue weighted by atomic mass is 9.87. The van der Waals surface area contributed by atoms with Crippen LogP contribution in [0.5, 0.6) is 0 Å². The molecule has 0 aromatic heterocycles. The van der Waals surface area contributed by atoms with E-state index in [4.69, 9.17) is 9.47 Å². The summed E-state index contributed by atoms with van der Waals surface area (Å²) in [5.74, 6) is 1.41. The summed E-state index contributed by atoms with van der Waals surface area (Å²) in [7, 11) is 0. The molecule has 1 aromatic carbocycles. The van der Waals surface area contributed by atoms with Crippen molar-refractivity contribution in [2.45, 2.75) is 33.7 Å². The Morgan fingerprint density at radius 3 is 2.50 bits per heavy atom. The van der Waals surface area contributed by atoms with Gasteiger partial charge in [0, 0.05) is 18.7 Å². The van der Waals surface area contributed by atoms with Crippen molar-refractivity contribution in [2.24, 2.45) is 5.92 Å². The number of morpholine rings is 1. The van der Waals surface area contributed by atoms with E-state index in [-0.39, 0.29) is 6.04 Å². The van der Waals surface area contributed by atoms with Crippen molar-refractivity contribution in [1.82, 2.24) is 4.90 Å². The molecule has 1 aromatic rings. The van der Waals surface area contributed by atoms with Gasteiger partial charge in [-0.15, -0.1) is 0 Å². The normalized spacial score (nSPS) is 21.2. The summed E-state index contributed by atoms with van der Waals surface area (Å²) in [5, 5.41) is 0. The van der Waals surface area contributed by atoms with Crippen LogP contribution in [-0.2, 0) is 9.47 Å². The van der Waals surface area contributed by atoms with Crippen molar-refractivity contribution in [3.63, 3.8) is 0 Å². The van der Waals surface area contributed by atoms with Gasteiger partial charge in [0.25, 0.3) is 0 Å². The predicted octanol–water partition coefficient (Wildman–Crippen LogP) is 5.23. The zero-order valence-electron chi connectivity index (χ0n) is 17.7. The highest BCUT2D eigenvalue weighted by molar-refractivity contribution is 5.84. The molecule has 1 atom stereocenters. The number of hydrogen-bond donors (Lipinski definition) is 0. The van der Waals surface area contributed by atoms with E-state index in [0.717, 1.165) is 37.6 Å². The van der Waals surface area contributed by atoms with Crippen LogP contribution in [0.1, 0.15) is 33.3 Å². The maximum absolute atomic E-state index is 6.16. The second-order valence-electron chi connectivity index (χ2n) is 7.83. The van der Waals surface area contributed by atoms with Gasteiger partial charge in [-0.25, -0.2) is 0 Å². The van der Waals surface area contributed by atoms with Crippen molar-refractivity contribution in [3.05, 3.63) is 77.1 Å². The first-order valence-corrected chi connectivity index (χ1v) is 10.4. The molecule has 2 aliphatic rings.